The van der Waals surface area contributed by atoms with Crippen molar-refractivity contribution in [3.63, 3.8) is 0 Å². The van der Waals surface area contributed by atoms with E-state index in [9.17, 15) is 13.2 Å². The topological polar surface area (TPSA) is 66.0 Å². The highest BCUT2D eigenvalue weighted by Crippen LogP contribution is 2.48. The monoisotopic (exact) mass is 486 g/mol. The zero-order valence-electron chi connectivity index (χ0n) is 18.5. The summed E-state index contributed by atoms with van der Waals surface area (Å²) in [5, 5.41) is 8.59. The van der Waals surface area contributed by atoms with Crippen LogP contribution in [-0.2, 0) is 16.9 Å². The molecule has 0 N–H and O–H groups in total. The molecule has 2 aromatic carbocycles. The largest absolute Gasteiger partial charge is 0.446 e. The molecular formula is C24H21F3N4O2S. The van der Waals surface area contributed by atoms with Crippen LogP contribution < -0.4 is 0 Å². The summed E-state index contributed by atoms with van der Waals surface area (Å²) in [5.74, 6) is 0.531. The van der Waals surface area contributed by atoms with Crippen LogP contribution in [0.2, 0.25) is 0 Å². The summed E-state index contributed by atoms with van der Waals surface area (Å²) in [6.07, 6.45) is 2.06. The predicted molar refractivity (Wildman–Crippen MR) is 121 cm³/mol. The Morgan fingerprint density at radius 2 is 1.88 bits per heavy atom. The summed E-state index contributed by atoms with van der Waals surface area (Å²) in [7, 11) is 1.75. The van der Waals surface area contributed by atoms with Gasteiger partial charge in [0.1, 0.15) is 0 Å². The molecule has 4 aromatic rings. The Hall–Kier alpha value is -3.11. The molecule has 6 nitrogen and oxygen atoms in total. The maximum Gasteiger partial charge on any atom is 0.446 e. The van der Waals surface area contributed by atoms with E-state index in [0.717, 1.165) is 24.1 Å². The number of aryl methyl sites for hydroxylation is 1. The minimum atomic E-state index is -4.33. The van der Waals surface area contributed by atoms with E-state index in [1.807, 2.05) is 23.7 Å². The molecule has 0 saturated heterocycles. The molecule has 2 heterocycles. The van der Waals surface area contributed by atoms with Gasteiger partial charge in [0, 0.05) is 23.3 Å². The lowest BCUT2D eigenvalue weighted by Crippen LogP contribution is -2.10. The molecule has 1 aliphatic rings. The third kappa shape index (κ3) is 4.74. The first-order chi connectivity index (χ1) is 16.2. The highest BCUT2D eigenvalue weighted by molar-refractivity contribution is 8.00. The van der Waals surface area contributed by atoms with Gasteiger partial charge in [0.2, 0.25) is 5.82 Å². The molecule has 0 spiro atoms. The number of halogens is 3. The van der Waals surface area contributed by atoms with E-state index < -0.39 is 5.51 Å². The Bertz CT molecular complexity index is 1310. The van der Waals surface area contributed by atoms with Crippen LogP contribution in [0.1, 0.15) is 29.7 Å². The first-order valence-electron chi connectivity index (χ1n) is 10.6. The molecule has 1 fully saturated rings. The maximum absolute atomic E-state index is 12.5. The zero-order valence-corrected chi connectivity index (χ0v) is 19.3. The Kier molecular flexibility index (Phi) is 5.73. The number of alkyl halides is 3. The summed E-state index contributed by atoms with van der Waals surface area (Å²) in [6.45, 7) is 2.53. The highest BCUT2D eigenvalue weighted by atomic mass is 32.2. The molecule has 10 heteroatoms. The fraction of sp³-hybridized carbons (Fsp3) is 0.292. The standard InChI is InChI=1S/C24H21F3N4O2S/c1-15-12-20(29-31(15)14-16-4-3-5-18(13-16)23(32-2)10-11-23)22-28-21(30-33-22)17-6-8-19(9-7-17)34-24(25,26)27/h3-9,12-13H,10-11,14H2,1-2H3. The Labute approximate surface area is 198 Å². The smallest absolute Gasteiger partial charge is 0.374 e. The molecule has 34 heavy (non-hydrogen) atoms. The molecule has 5 rings (SSSR count). The SMILES string of the molecule is COC1(c2cccc(Cn3nc(-c4nc(-c5ccc(SC(F)(F)F)cc5)no4)cc3C)c2)CC1. The van der Waals surface area contributed by atoms with Crippen molar-refractivity contribution < 1.29 is 22.4 Å². The number of rotatable bonds is 7. The van der Waals surface area contributed by atoms with E-state index in [-0.39, 0.29) is 34.0 Å². The van der Waals surface area contributed by atoms with E-state index in [1.165, 1.54) is 29.8 Å². The van der Waals surface area contributed by atoms with Crippen molar-refractivity contribution in [1.29, 1.82) is 0 Å². The first-order valence-corrected chi connectivity index (χ1v) is 11.5. The summed E-state index contributed by atoms with van der Waals surface area (Å²) < 4.78 is 50.5. The van der Waals surface area contributed by atoms with E-state index in [2.05, 4.69) is 33.4 Å². The molecule has 0 radical (unpaired) electrons. The number of ether oxygens (including phenoxy) is 1. The fourth-order valence-corrected chi connectivity index (χ4v) is 4.41. The normalized spacial score (nSPS) is 15.0. The molecule has 0 bridgehead atoms. The first kappa shape index (κ1) is 22.7. The second-order valence-electron chi connectivity index (χ2n) is 8.22. The van der Waals surface area contributed by atoms with Crippen LogP contribution in [0.4, 0.5) is 13.2 Å². The van der Waals surface area contributed by atoms with Gasteiger partial charge in [-0.25, -0.2) is 0 Å². The molecule has 0 amide bonds. The Morgan fingerprint density at radius 1 is 1.12 bits per heavy atom. The molecule has 0 atom stereocenters. The molecule has 0 unspecified atom stereocenters. The van der Waals surface area contributed by atoms with Gasteiger partial charge in [-0.2, -0.15) is 23.3 Å². The van der Waals surface area contributed by atoms with Gasteiger partial charge < -0.3 is 9.26 Å². The van der Waals surface area contributed by atoms with Gasteiger partial charge in [0.15, 0.2) is 5.69 Å². The predicted octanol–water partition coefficient (Wildman–Crippen LogP) is 6.20. The molecular weight excluding hydrogens is 465 g/mol. The van der Waals surface area contributed by atoms with Gasteiger partial charge in [-0.3, -0.25) is 4.68 Å². The number of aromatic nitrogens is 4. The lowest BCUT2D eigenvalue weighted by Gasteiger charge is -2.15. The quantitative estimate of drug-likeness (QED) is 0.290. The maximum atomic E-state index is 12.5. The number of methoxy groups -OCH3 is 1. The average Bonchev–Trinajstić information content (AvgIpc) is 3.31. The average molecular weight is 487 g/mol. The molecule has 1 saturated carbocycles. The third-order valence-corrected chi connectivity index (χ3v) is 6.59. The van der Waals surface area contributed by atoms with Crippen LogP contribution in [0.5, 0.6) is 0 Å². The lowest BCUT2D eigenvalue weighted by atomic mass is 10.0. The Morgan fingerprint density at radius 3 is 2.56 bits per heavy atom. The van der Waals surface area contributed by atoms with Crippen LogP contribution in [0.25, 0.3) is 23.0 Å². The molecule has 0 aliphatic heterocycles. The van der Waals surface area contributed by atoms with Crippen LogP contribution in [0.3, 0.4) is 0 Å². The van der Waals surface area contributed by atoms with Crippen molar-refractivity contribution in [2.24, 2.45) is 0 Å². The van der Waals surface area contributed by atoms with Gasteiger partial charge in [-0.05, 0) is 73.0 Å². The van der Waals surface area contributed by atoms with Crippen molar-refractivity contribution in [2.75, 3.05) is 7.11 Å². The Balaban J connectivity index is 1.33. The van der Waals surface area contributed by atoms with Crippen LogP contribution in [0.15, 0.2) is 64.0 Å². The number of hydrogen-bond acceptors (Lipinski definition) is 6. The van der Waals surface area contributed by atoms with Crippen molar-refractivity contribution in [3.05, 3.63) is 71.4 Å². The summed E-state index contributed by atoms with van der Waals surface area (Å²) in [6, 6.07) is 16.0. The summed E-state index contributed by atoms with van der Waals surface area (Å²) in [4.78, 5) is 4.48. The van der Waals surface area contributed by atoms with Gasteiger partial charge in [-0.1, -0.05) is 29.4 Å². The van der Waals surface area contributed by atoms with Crippen LogP contribution in [-0.4, -0.2) is 32.5 Å². The second kappa shape index (κ2) is 8.59. The number of hydrogen-bond donors (Lipinski definition) is 0. The van der Waals surface area contributed by atoms with Gasteiger partial charge >= 0.3 is 5.51 Å². The van der Waals surface area contributed by atoms with E-state index in [1.54, 1.807) is 7.11 Å². The summed E-state index contributed by atoms with van der Waals surface area (Å²) >= 11 is -0.166. The van der Waals surface area contributed by atoms with E-state index >= 15 is 0 Å². The summed E-state index contributed by atoms with van der Waals surface area (Å²) in [5.41, 5.74) is -0.165. The second-order valence-corrected chi connectivity index (χ2v) is 9.36. The molecule has 176 valence electrons. The van der Waals surface area contributed by atoms with Crippen molar-refractivity contribution in [2.45, 2.75) is 42.3 Å². The van der Waals surface area contributed by atoms with Crippen LogP contribution in [0, 0.1) is 6.92 Å². The number of nitrogens with zero attached hydrogens (tertiary/aromatic N) is 4. The minimum absolute atomic E-state index is 0.0940. The van der Waals surface area contributed by atoms with E-state index in [0.29, 0.717) is 17.8 Å². The van der Waals surface area contributed by atoms with E-state index in [4.69, 9.17) is 9.26 Å². The highest BCUT2D eigenvalue weighted by Gasteiger charge is 2.44. The van der Waals surface area contributed by atoms with Gasteiger partial charge in [0.05, 0.1) is 12.1 Å². The van der Waals surface area contributed by atoms with Crippen LogP contribution >= 0.6 is 11.8 Å². The molecule has 2 aromatic heterocycles. The van der Waals surface area contributed by atoms with Gasteiger partial charge in [0.25, 0.3) is 5.89 Å². The number of thioether (sulfide) groups is 1. The molecule has 1 aliphatic carbocycles. The lowest BCUT2D eigenvalue weighted by molar-refractivity contribution is -0.0328. The van der Waals surface area contributed by atoms with Crippen molar-refractivity contribution in [3.8, 4) is 23.0 Å². The minimum Gasteiger partial charge on any atom is -0.374 e. The zero-order chi connectivity index (χ0) is 23.9. The van der Waals surface area contributed by atoms with Crippen molar-refractivity contribution in [1.82, 2.24) is 19.9 Å². The fourth-order valence-electron chi connectivity index (χ4n) is 3.88. The van der Waals surface area contributed by atoms with Crippen molar-refractivity contribution >= 4 is 11.8 Å². The third-order valence-electron chi connectivity index (χ3n) is 5.85. The van der Waals surface area contributed by atoms with Gasteiger partial charge in [-0.15, -0.1) is 0 Å². The number of benzene rings is 2.